The Morgan fingerprint density at radius 2 is 1.83 bits per heavy atom. The molecule has 0 aliphatic heterocycles. The predicted octanol–water partition coefficient (Wildman–Crippen LogP) is 3.39. The first-order chi connectivity index (χ1) is 11.0. The number of amides is 2. The van der Waals surface area contributed by atoms with E-state index in [-0.39, 0.29) is 0 Å². The summed E-state index contributed by atoms with van der Waals surface area (Å²) >= 11 is 11.8. The van der Waals surface area contributed by atoms with E-state index in [1.807, 2.05) is 0 Å². The minimum Gasteiger partial charge on any atom is -0.317 e. The molecule has 0 saturated carbocycles. The fourth-order valence-electron chi connectivity index (χ4n) is 1.73. The zero-order valence-corrected chi connectivity index (χ0v) is 13.7. The van der Waals surface area contributed by atoms with Gasteiger partial charge >= 0.3 is 11.8 Å². The molecule has 0 aliphatic rings. The number of benzene rings is 2. The van der Waals surface area contributed by atoms with E-state index in [1.165, 1.54) is 6.21 Å². The maximum atomic E-state index is 11.8. The summed E-state index contributed by atoms with van der Waals surface area (Å²) in [6.07, 6.45) is 1.39. The second kappa shape index (κ2) is 7.76. The fourth-order valence-corrected chi connectivity index (χ4v) is 2.10. The van der Waals surface area contributed by atoms with E-state index in [0.717, 1.165) is 0 Å². The Bertz CT molecular complexity index is 776. The molecule has 0 fully saturated rings. The van der Waals surface area contributed by atoms with Gasteiger partial charge in [0.05, 0.1) is 6.21 Å². The Hall–Kier alpha value is -2.37. The Kier molecular flexibility index (Phi) is 5.73. The van der Waals surface area contributed by atoms with Gasteiger partial charge in [-0.05, 0) is 42.3 Å². The van der Waals surface area contributed by atoms with Gasteiger partial charge in [-0.25, -0.2) is 5.43 Å². The highest BCUT2D eigenvalue weighted by atomic mass is 35.5. The Morgan fingerprint density at radius 3 is 2.57 bits per heavy atom. The number of carbonyl (C=O) groups excluding carboxylic acids is 2. The van der Waals surface area contributed by atoms with Crippen LogP contribution in [0.1, 0.15) is 11.1 Å². The van der Waals surface area contributed by atoms with E-state index in [9.17, 15) is 9.59 Å². The van der Waals surface area contributed by atoms with Crippen molar-refractivity contribution in [3.63, 3.8) is 0 Å². The molecule has 7 heteroatoms. The molecule has 0 bridgehead atoms. The molecule has 0 saturated heterocycles. The van der Waals surface area contributed by atoms with Gasteiger partial charge in [-0.1, -0.05) is 41.4 Å². The number of rotatable bonds is 3. The van der Waals surface area contributed by atoms with Gasteiger partial charge in [0.2, 0.25) is 0 Å². The maximum absolute atomic E-state index is 11.8. The maximum Gasteiger partial charge on any atom is 0.329 e. The summed E-state index contributed by atoms with van der Waals surface area (Å²) < 4.78 is 0. The molecule has 0 unspecified atom stereocenters. The summed E-state index contributed by atoms with van der Waals surface area (Å²) in [7, 11) is 0. The lowest BCUT2D eigenvalue weighted by Crippen LogP contribution is -2.32. The van der Waals surface area contributed by atoms with Crippen molar-refractivity contribution < 1.29 is 9.59 Å². The summed E-state index contributed by atoms with van der Waals surface area (Å²) in [4.78, 5) is 23.5. The van der Waals surface area contributed by atoms with Gasteiger partial charge in [-0.15, -0.1) is 0 Å². The van der Waals surface area contributed by atoms with Crippen molar-refractivity contribution in [3.8, 4) is 0 Å². The highest BCUT2D eigenvalue weighted by Gasteiger charge is 2.14. The molecule has 0 atom stereocenters. The van der Waals surface area contributed by atoms with E-state index in [4.69, 9.17) is 23.2 Å². The largest absolute Gasteiger partial charge is 0.329 e. The summed E-state index contributed by atoms with van der Waals surface area (Å²) in [5, 5.41) is 7.25. The van der Waals surface area contributed by atoms with Gasteiger partial charge in [0.25, 0.3) is 0 Å². The molecular formula is C16H13Cl2N3O2. The summed E-state index contributed by atoms with van der Waals surface area (Å²) in [6.45, 7) is 1.74. The SMILES string of the molecule is Cc1c(Cl)cccc1NC(=O)C(=O)N/N=C\c1cccc(Cl)c1. The Balaban J connectivity index is 1.95. The standard InChI is InChI=1S/C16H13Cl2N3O2/c1-10-13(18)6-3-7-14(10)20-15(22)16(23)21-19-9-11-4-2-5-12(17)8-11/h2-9H,1H3,(H,20,22)(H,21,23)/b19-9-. The molecule has 0 aromatic heterocycles. The third-order valence-corrected chi connectivity index (χ3v) is 3.60. The number of nitrogens with one attached hydrogen (secondary N) is 2. The quantitative estimate of drug-likeness (QED) is 0.506. The van der Waals surface area contributed by atoms with Crippen LogP contribution in [-0.2, 0) is 9.59 Å². The van der Waals surface area contributed by atoms with Crippen LogP contribution >= 0.6 is 23.2 Å². The predicted molar refractivity (Wildman–Crippen MR) is 92.0 cm³/mol. The Labute approximate surface area is 143 Å². The molecular weight excluding hydrogens is 337 g/mol. The summed E-state index contributed by atoms with van der Waals surface area (Å²) in [5.41, 5.74) is 3.99. The van der Waals surface area contributed by atoms with Gasteiger partial charge in [0, 0.05) is 15.7 Å². The first kappa shape index (κ1) is 17.0. The summed E-state index contributed by atoms with van der Waals surface area (Å²) in [6, 6.07) is 11.9. The van der Waals surface area contributed by atoms with Crippen LogP contribution < -0.4 is 10.7 Å². The lowest BCUT2D eigenvalue weighted by atomic mass is 10.2. The molecule has 118 valence electrons. The minimum atomic E-state index is -0.886. The number of carbonyl (C=O) groups is 2. The third kappa shape index (κ3) is 4.81. The molecule has 2 amide bonds. The minimum absolute atomic E-state index is 0.469. The van der Waals surface area contributed by atoms with Crippen LogP contribution in [0.5, 0.6) is 0 Å². The number of halogens is 2. The number of anilines is 1. The average Bonchev–Trinajstić information content (AvgIpc) is 2.51. The smallest absolute Gasteiger partial charge is 0.317 e. The average molecular weight is 350 g/mol. The Morgan fingerprint density at radius 1 is 1.09 bits per heavy atom. The van der Waals surface area contributed by atoms with Crippen molar-refractivity contribution in [2.45, 2.75) is 6.92 Å². The van der Waals surface area contributed by atoms with Gasteiger partial charge in [0.1, 0.15) is 0 Å². The van der Waals surface area contributed by atoms with Crippen molar-refractivity contribution in [1.82, 2.24) is 5.43 Å². The van der Waals surface area contributed by atoms with Crippen LogP contribution in [0.4, 0.5) is 5.69 Å². The second-order valence-electron chi connectivity index (χ2n) is 4.62. The highest BCUT2D eigenvalue weighted by Crippen LogP contribution is 2.22. The van der Waals surface area contributed by atoms with Crippen molar-refractivity contribution >= 4 is 46.9 Å². The highest BCUT2D eigenvalue weighted by molar-refractivity contribution is 6.40. The van der Waals surface area contributed by atoms with E-state index >= 15 is 0 Å². The number of nitrogens with zero attached hydrogens (tertiary/aromatic N) is 1. The zero-order chi connectivity index (χ0) is 16.8. The topological polar surface area (TPSA) is 70.6 Å². The molecule has 5 nitrogen and oxygen atoms in total. The van der Waals surface area contributed by atoms with Gasteiger partial charge in [-0.2, -0.15) is 5.10 Å². The van der Waals surface area contributed by atoms with E-state index < -0.39 is 11.8 Å². The molecule has 2 aromatic rings. The first-order valence-electron chi connectivity index (χ1n) is 6.62. The molecule has 0 heterocycles. The van der Waals surface area contributed by atoms with Crippen molar-refractivity contribution in [2.75, 3.05) is 5.32 Å². The van der Waals surface area contributed by atoms with Crippen LogP contribution in [0.15, 0.2) is 47.6 Å². The van der Waals surface area contributed by atoms with E-state index in [1.54, 1.807) is 49.4 Å². The van der Waals surface area contributed by atoms with Crippen LogP contribution in [0.2, 0.25) is 10.0 Å². The molecule has 2 aromatic carbocycles. The molecule has 2 rings (SSSR count). The van der Waals surface area contributed by atoms with Gasteiger partial charge < -0.3 is 5.32 Å². The summed E-state index contributed by atoms with van der Waals surface area (Å²) in [5.74, 6) is -1.72. The normalized spacial score (nSPS) is 10.6. The molecule has 0 aliphatic carbocycles. The third-order valence-electron chi connectivity index (χ3n) is 2.95. The van der Waals surface area contributed by atoms with Crippen molar-refractivity contribution in [3.05, 3.63) is 63.6 Å². The molecule has 2 N–H and O–H groups in total. The molecule has 0 radical (unpaired) electrons. The second-order valence-corrected chi connectivity index (χ2v) is 5.46. The molecule has 0 spiro atoms. The number of hydrogen-bond donors (Lipinski definition) is 2. The zero-order valence-electron chi connectivity index (χ0n) is 12.1. The van der Waals surface area contributed by atoms with E-state index in [0.29, 0.717) is 26.9 Å². The number of hydrogen-bond acceptors (Lipinski definition) is 3. The lowest BCUT2D eigenvalue weighted by Gasteiger charge is -2.08. The van der Waals surface area contributed by atoms with Crippen LogP contribution in [-0.4, -0.2) is 18.0 Å². The van der Waals surface area contributed by atoms with Crippen molar-refractivity contribution in [2.24, 2.45) is 5.10 Å². The van der Waals surface area contributed by atoms with Crippen LogP contribution in [0.25, 0.3) is 0 Å². The first-order valence-corrected chi connectivity index (χ1v) is 7.38. The molecule has 23 heavy (non-hydrogen) atoms. The van der Waals surface area contributed by atoms with E-state index in [2.05, 4.69) is 15.8 Å². The van der Waals surface area contributed by atoms with Crippen molar-refractivity contribution in [1.29, 1.82) is 0 Å². The monoisotopic (exact) mass is 349 g/mol. The van der Waals surface area contributed by atoms with Crippen LogP contribution in [0, 0.1) is 6.92 Å². The lowest BCUT2D eigenvalue weighted by molar-refractivity contribution is -0.136. The fraction of sp³-hybridized carbons (Fsp3) is 0.0625. The van der Waals surface area contributed by atoms with Gasteiger partial charge in [-0.3, -0.25) is 9.59 Å². The number of hydrazone groups is 1. The van der Waals surface area contributed by atoms with Crippen LogP contribution in [0.3, 0.4) is 0 Å². The van der Waals surface area contributed by atoms with Gasteiger partial charge in [0.15, 0.2) is 0 Å².